The van der Waals surface area contributed by atoms with Gasteiger partial charge in [0.15, 0.2) is 0 Å². The highest BCUT2D eigenvalue weighted by Crippen LogP contribution is 2.31. The van der Waals surface area contributed by atoms with Crippen LogP contribution in [-0.4, -0.2) is 22.4 Å². The topological polar surface area (TPSA) is 40.5 Å². The van der Waals surface area contributed by atoms with Gasteiger partial charge in [0.1, 0.15) is 0 Å². The van der Waals surface area contributed by atoms with Crippen LogP contribution in [0.2, 0.25) is 0 Å². The molecule has 1 saturated carbocycles. The average Bonchev–Trinajstić information content (AvgIpc) is 2.08. The van der Waals surface area contributed by atoms with Crippen molar-refractivity contribution in [2.24, 2.45) is 5.92 Å². The summed E-state index contributed by atoms with van der Waals surface area (Å²) in [5, 5.41) is 19.1. The lowest BCUT2D eigenvalue weighted by Crippen LogP contribution is -2.31. The Morgan fingerprint density at radius 1 is 1.43 bits per heavy atom. The van der Waals surface area contributed by atoms with Crippen LogP contribution in [0.1, 0.15) is 33.1 Å². The van der Waals surface area contributed by atoms with Crippen LogP contribution in [0.3, 0.4) is 0 Å². The van der Waals surface area contributed by atoms with Gasteiger partial charge in [-0.05, 0) is 38.2 Å². The lowest BCUT2D eigenvalue weighted by Gasteiger charge is -2.31. The summed E-state index contributed by atoms with van der Waals surface area (Å²) >= 11 is 0. The molecular weight excluding hydrogens is 176 g/mol. The molecule has 1 aliphatic rings. The molecule has 0 aromatic carbocycles. The molecule has 3 unspecified atom stereocenters. The van der Waals surface area contributed by atoms with Crippen molar-refractivity contribution < 1.29 is 10.2 Å². The van der Waals surface area contributed by atoms with E-state index in [1.807, 2.05) is 0 Å². The fourth-order valence-electron chi connectivity index (χ4n) is 1.88. The van der Waals surface area contributed by atoms with E-state index in [0.717, 1.165) is 18.4 Å². The SMILES string of the molecule is C=C1C(O)CC(O)CC1CC=C(C)C. The van der Waals surface area contributed by atoms with Crippen molar-refractivity contribution in [2.45, 2.75) is 45.3 Å². The van der Waals surface area contributed by atoms with Crippen LogP contribution >= 0.6 is 0 Å². The molecule has 1 fully saturated rings. The Bertz CT molecular complexity index is 239. The molecule has 0 aromatic rings. The molecule has 2 N–H and O–H groups in total. The normalized spacial score (nSPS) is 32.9. The predicted molar refractivity (Wildman–Crippen MR) is 57.9 cm³/mol. The van der Waals surface area contributed by atoms with E-state index < -0.39 is 6.10 Å². The monoisotopic (exact) mass is 196 g/mol. The van der Waals surface area contributed by atoms with Crippen molar-refractivity contribution in [3.63, 3.8) is 0 Å². The van der Waals surface area contributed by atoms with Crippen molar-refractivity contribution in [3.8, 4) is 0 Å². The fourth-order valence-corrected chi connectivity index (χ4v) is 1.88. The Hall–Kier alpha value is -0.600. The van der Waals surface area contributed by atoms with Crippen molar-refractivity contribution in [1.29, 1.82) is 0 Å². The third-order valence-electron chi connectivity index (χ3n) is 2.81. The minimum Gasteiger partial charge on any atom is -0.393 e. The predicted octanol–water partition coefficient (Wildman–Crippen LogP) is 2.03. The van der Waals surface area contributed by atoms with Crippen LogP contribution in [0.15, 0.2) is 23.8 Å². The van der Waals surface area contributed by atoms with E-state index in [1.165, 1.54) is 5.57 Å². The van der Waals surface area contributed by atoms with Crippen molar-refractivity contribution >= 4 is 0 Å². The van der Waals surface area contributed by atoms with Gasteiger partial charge in [0.05, 0.1) is 12.2 Å². The summed E-state index contributed by atoms with van der Waals surface area (Å²) in [6.45, 7) is 8.01. The van der Waals surface area contributed by atoms with Gasteiger partial charge < -0.3 is 10.2 Å². The van der Waals surface area contributed by atoms with Gasteiger partial charge >= 0.3 is 0 Å². The molecule has 14 heavy (non-hydrogen) atoms. The maximum absolute atomic E-state index is 9.60. The molecule has 0 bridgehead atoms. The summed E-state index contributed by atoms with van der Waals surface area (Å²) in [5.41, 5.74) is 2.15. The molecule has 0 heterocycles. The van der Waals surface area contributed by atoms with E-state index in [-0.39, 0.29) is 12.0 Å². The second-order valence-electron chi connectivity index (χ2n) is 4.43. The summed E-state index contributed by atoms with van der Waals surface area (Å²) in [4.78, 5) is 0. The van der Waals surface area contributed by atoms with E-state index in [9.17, 15) is 10.2 Å². The zero-order valence-corrected chi connectivity index (χ0v) is 9.03. The minimum atomic E-state index is -0.519. The average molecular weight is 196 g/mol. The van der Waals surface area contributed by atoms with Crippen LogP contribution in [0.4, 0.5) is 0 Å². The van der Waals surface area contributed by atoms with Crippen LogP contribution in [0.5, 0.6) is 0 Å². The molecule has 2 nitrogen and oxygen atoms in total. The maximum atomic E-state index is 9.60. The van der Waals surface area contributed by atoms with Crippen LogP contribution < -0.4 is 0 Å². The highest BCUT2D eigenvalue weighted by atomic mass is 16.3. The Balaban J connectivity index is 2.58. The van der Waals surface area contributed by atoms with Crippen LogP contribution in [-0.2, 0) is 0 Å². The second kappa shape index (κ2) is 4.76. The second-order valence-corrected chi connectivity index (χ2v) is 4.43. The summed E-state index contributed by atoms with van der Waals surface area (Å²) in [6.07, 6.45) is 3.32. The minimum absolute atomic E-state index is 0.239. The van der Waals surface area contributed by atoms with E-state index in [0.29, 0.717) is 6.42 Å². The summed E-state index contributed by atoms with van der Waals surface area (Å²) in [5.74, 6) is 0.239. The number of aliphatic hydroxyl groups excluding tert-OH is 2. The van der Waals surface area contributed by atoms with E-state index in [4.69, 9.17) is 0 Å². The van der Waals surface area contributed by atoms with Gasteiger partial charge in [0.2, 0.25) is 0 Å². The molecule has 0 saturated heterocycles. The lowest BCUT2D eigenvalue weighted by atomic mass is 9.79. The third kappa shape index (κ3) is 2.96. The smallest absolute Gasteiger partial charge is 0.0774 e. The molecule has 0 spiro atoms. The number of allylic oxidation sites excluding steroid dienone is 2. The van der Waals surface area contributed by atoms with E-state index in [1.54, 1.807) is 0 Å². The number of hydrogen-bond donors (Lipinski definition) is 2. The maximum Gasteiger partial charge on any atom is 0.0774 e. The lowest BCUT2D eigenvalue weighted by molar-refractivity contribution is 0.0524. The Labute approximate surface area is 86.0 Å². The summed E-state index contributed by atoms with van der Waals surface area (Å²) in [6, 6.07) is 0. The quantitative estimate of drug-likeness (QED) is 0.663. The van der Waals surface area contributed by atoms with Crippen molar-refractivity contribution in [1.82, 2.24) is 0 Å². The van der Waals surface area contributed by atoms with Crippen LogP contribution in [0.25, 0.3) is 0 Å². The first-order valence-electron chi connectivity index (χ1n) is 5.19. The van der Waals surface area contributed by atoms with Gasteiger partial charge in [-0.3, -0.25) is 0 Å². The first-order valence-corrected chi connectivity index (χ1v) is 5.19. The van der Waals surface area contributed by atoms with Gasteiger partial charge in [0.25, 0.3) is 0 Å². The molecule has 0 amide bonds. The molecule has 1 aliphatic carbocycles. The molecule has 3 atom stereocenters. The zero-order valence-electron chi connectivity index (χ0n) is 9.03. The molecule has 2 heteroatoms. The fraction of sp³-hybridized carbons (Fsp3) is 0.667. The largest absolute Gasteiger partial charge is 0.393 e. The van der Waals surface area contributed by atoms with Gasteiger partial charge in [-0.15, -0.1) is 0 Å². The Morgan fingerprint density at radius 2 is 2.07 bits per heavy atom. The van der Waals surface area contributed by atoms with Gasteiger partial charge in [-0.25, -0.2) is 0 Å². The highest BCUT2D eigenvalue weighted by Gasteiger charge is 2.28. The molecule has 80 valence electrons. The van der Waals surface area contributed by atoms with Gasteiger partial charge in [-0.2, -0.15) is 0 Å². The molecule has 0 aromatic heterocycles. The third-order valence-corrected chi connectivity index (χ3v) is 2.81. The first-order chi connectivity index (χ1) is 6.50. The summed E-state index contributed by atoms with van der Waals surface area (Å²) < 4.78 is 0. The molecular formula is C12H20O2. The van der Waals surface area contributed by atoms with Crippen molar-refractivity contribution in [2.75, 3.05) is 0 Å². The van der Waals surface area contributed by atoms with E-state index >= 15 is 0 Å². The Morgan fingerprint density at radius 3 is 2.64 bits per heavy atom. The Kier molecular flexibility index (Phi) is 3.90. The van der Waals surface area contributed by atoms with Crippen LogP contribution in [0, 0.1) is 5.92 Å². The molecule has 0 radical (unpaired) electrons. The summed E-state index contributed by atoms with van der Waals surface area (Å²) in [7, 11) is 0. The first kappa shape index (κ1) is 11.5. The molecule has 0 aliphatic heterocycles. The number of hydrogen-bond acceptors (Lipinski definition) is 2. The number of rotatable bonds is 2. The molecule has 1 rings (SSSR count). The number of aliphatic hydroxyl groups is 2. The van der Waals surface area contributed by atoms with Gasteiger partial charge in [0, 0.05) is 6.42 Å². The van der Waals surface area contributed by atoms with Crippen molar-refractivity contribution in [3.05, 3.63) is 23.8 Å². The highest BCUT2D eigenvalue weighted by molar-refractivity contribution is 5.13. The zero-order chi connectivity index (χ0) is 10.7. The standard InChI is InChI=1S/C12H20O2/c1-8(2)4-5-10-6-11(13)7-12(14)9(10)3/h4,10-14H,3,5-7H2,1-2H3. The van der Waals surface area contributed by atoms with Gasteiger partial charge in [-0.1, -0.05) is 18.2 Å². The van der Waals surface area contributed by atoms with E-state index in [2.05, 4.69) is 26.5 Å².